The Labute approximate surface area is 129 Å². The van der Waals surface area contributed by atoms with Gasteiger partial charge in [-0.15, -0.1) is 0 Å². The largest absolute Gasteiger partial charge is 0.508 e. The molecule has 2 atom stereocenters. The zero-order valence-electron chi connectivity index (χ0n) is 11.5. The van der Waals surface area contributed by atoms with Crippen LogP contribution >= 0.6 is 0 Å². The number of phenols is 5. The van der Waals surface area contributed by atoms with Crippen LogP contribution < -0.4 is 4.74 Å². The van der Waals surface area contributed by atoms with E-state index in [2.05, 4.69) is 0 Å². The van der Waals surface area contributed by atoms with Crippen LogP contribution in [0.1, 0.15) is 22.0 Å². The average molecular weight is 320 g/mol. The lowest BCUT2D eigenvalue weighted by atomic mass is 9.92. The van der Waals surface area contributed by atoms with E-state index in [9.17, 15) is 35.4 Å². The Hall–Kier alpha value is -3.13. The van der Waals surface area contributed by atoms with Gasteiger partial charge in [-0.05, 0) is 12.1 Å². The van der Waals surface area contributed by atoms with Crippen LogP contribution in [0.3, 0.4) is 0 Å². The summed E-state index contributed by atoms with van der Waals surface area (Å²) in [5, 5.41) is 58.1. The van der Waals surface area contributed by atoms with Gasteiger partial charge in [0.05, 0.1) is 0 Å². The Morgan fingerprint density at radius 1 is 0.913 bits per heavy atom. The van der Waals surface area contributed by atoms with E-state index >= 15 is 0 Å². The lowest BCUT2D eigenvalue weighted by molar-refractivity contribution is 0.0202. The molecule has 0 spiro atoms. The summed E-state index contributed by atoms with van der Waals surface area (Å²) in [7, 11) is 0. The maximum Gasteiger partial charge on any atom is 0.202 e. The molecule has 120 valence electrons. The molecule has 1 heterocycles. The smallest absolute Gasteiger partial charge is 0.202 e. The van der Waals surface area contributed by atoms with Crippen molar-refractivity contribution in [2.75, 3.05) is 0 Å². The number of aliphatic hydroxyl groups excluding tert-OH is 1. The molecule has 8 nitrogen and oxygen atoms in total. The number of Topliss-reactive ketones (excluding diaryl/α,β-unsaturated/α-hetero) is 1. The highest BCUT2D eigenvalue weighted by molar-refractivity contribution is 6.05. The van der Waals surface area contributed by atoms with Crippen LogP contribution in [0.5, 0.6) is 34.5 Å². The quantitative estimate of drug-likeness (QED) is 0.424. The molecule has 0 radical (unpaired) electrons. The monoisotopic (exact) mass is 320 g/mol. The van der Waals surface area contributed by atoms with Gasteiger partial charge in [0, 0.05) is 17.7 Å². The van der Waals surface area contributed by atoms with E-state index in [0.29, 0.717) is 0 Å². The molecule has 0 unspecified atom stereocenters. The summed E-state index contributed by atoms with van der Waals surface area (Å²) < 4.78 is 5.39. The Morgan fingerprint density at radius 3 is 2.30 bits per heavy atom. The van der Waals surface area contributed by atoms with Gasteiger partial charge in [-0.1, -0.05) is 0 Å². The standard InChI is InChI=1S/C15H12O8/c16-5-3-8(18)10-9(4-5)23-15(14(22)13(10)21)6-1-2-7(17)12(20)11(6)19/h1-4,14-20,22H/t14-,15+/m0/s1. The molecule has 0 saturated carbocycles. The summed E-state index contributed by atoms with van der Waals surface area (Å²) in [6.45, 7) is 0. The molecule has 0 bridgehead atoms. The third-order valence-electron chi connectivity index (χ3n) is 3.59. The Kier molecular flexibility index (Phi) is 3.19. The number of carbonyl (C=O) groups is 1. The first-order chi connectivity index (χ1) is 10.8. The number of hydrogen-bond donors (Lipinski definition) is 6. The molecule has 6 N–H and O–H groups in total. The van der Waals surface area contributed by atoms with Crippen LogP contribution in [-0.4, -0.2) is 42.5 Å². The van der Waals surface area contributed by atoms with Crippen molar-refractivity contribution in [1.29, 1.82) is 0 Å². The number of fused-ring (bicyclic) bond motifs is 1. The summed E-state index contributed by atoms with van der Waals surface area (Å²) >= 11 is 0. The number of hydrogen-bond acceptors (Lipinski definition) is 8. The van der Waals surface area contributed by atoms with E-state index in [1.54, 1.807) is 0 Å². The number of phenolic OH excluding ortho intramolecular Hbond substituents is 5. The van der Waals surface area contributed by atoms with Crippen molar-refractivity contribution in [2.45, 2.75) is 12.2 Å². The van der Waals surface area contributed by atoms with Crippen LogP contribution in [0.4, 0.5) is 0 Å². The normalized spacial score (nSPS) is 20.0. The van der Waals surface area contributed by atoms with E-state index in [1.807, 2.05) is 0 Å². The van der Waals surface area contributed by atoms with E-state index in [-0.39, 0.29) is 22.6 Å². The van der Waals surface area contributed by atoms with Crippen molar-refractivity contribution >= 4 is 5.78 Å². The van der Waals surface area contributed by atoms with Crippen LogP contribution in [0.15, 0.2) is 24.3 Å². The predicted octanol–water partition coefficient (Wildman–Crippen LogP) is 0.892. The van der Waals surface area contributed by atoms with Crippen LogP contribution in [-0.2, 0) is 0 Å². The van der Waals surface area contributed by atoms with E-state index in [4.69, 9.17) is 4.74 Å². The Balaban J connectivity index is 2.13. The van der Waals surface area contributed by atoms with E-state index in [1.165, 1.54) is 6.07 Å². The van der Waals surface area contributed by atoms with Crippen LogP contribution in [0.2, 0.25) is 0 Å². The molecular weight excluding hydrogens is 308 g/mol. The molecule has 1 aliphatic rings. The van der Waals surface area contributed by atoms with E-state index < -0.39 is 41.0 Å². The number of aliphatic hydroxyl groups is 1. The summed E-state index contributed by atoms with van der Waals surface area (Å²) in [6, 6.07) is 4.22. The highest BCUT2D eigenvalue weighted by Gasteiger charge is 2.40. The van der Waals surface area contributed by atoms with Crippen molar-refractivity contribution in [2.24, 2.45) is 0 Å². The summed E-state index contributed by atoms with van der Waals surface area (Å²) in [5.74, 6) is -4.14. The minimum Gasteiger partial charge on any atom is -0.508 e. The number of aromatic hydroxyl groups is 5. The Bertz CT molecular complexity index is 814. The second-order valence-electron chi connectivity index (χ2n) is 5.06. The average Bonchev–Trinajstić information content (AvgIpc) is 2.48. The van der Waals surface area contributed by atoms with Gasteiger partial charge in [0.1, 0.15) is 22.8 Å². The van der Waals surface area contributed by atoms with E-state index in [0.717, 1.165) is 18.2 Å². The first-order valence-corrected chi connectivity index (χ1v) is 6.50. The van der Waals surface area contributed by atoms with Gasteiger partial charge >= 0.3 is 0 Å². The number of benzene rings is 2. The van der Waals surface area contributed by atoms with Crippen LogP contribution in [0.25, 0.3) is 0 Å². The molecule has 3 rings (SSSR count). The fraction of sp³-hybridized carbons (Fsp3) is 0.133. The first kappa shape index (κ1) is 14.8. The fourth-order valence-electron chi connectivity index (χ4n) is 2.46. The number of carbonyl (C=O) groups excluding carboxylic acids is 1. The van der Waals surface area contributed by atoms with Crippen molar-refractivity contribution in [3.05, 3.63) is 35.4 Å². The minimum atomic E-state index is -1.77. The SMILES string of the molecule is O=C1c2c(O)cc(O)cc2O[C@H](c2ccc(O)c(O)c2O)[C@H]1O. The zero-order valence-corrected chi connectivity index (χ0v) is 11.5. The topological polar surface area (TPSA) is 148 Å². The zero-order chi connectivity index (χ0) is 16.9. The predicted molar refractivity (Wildman–Crippen MR) is 74.9 cm³/mol. The van der Waals surface area contributed by atoms with Gasteiger partial charge in [-0.2, -0.15) is 0 Å². The number of ketones is 1. The maximum atomic E-state index is 12.2. The lowest BCUT2D eigenvalue weighted by Crippen LogP contribution is -2.36. The maximum absolute atomic E-state index is 12.2. The second kappa shape index (κ2) is 4.96. The molecule has 0 amide bonds. The van der Waals surface area contributed by atoms with Crippen molar-refractivity contribution in [3.8, 4) is 34.5 Å². The summed E-state index contributed by atoms with van der Waals surface area (Å²) in [6.07, 6.45) is -3.17. The van der Waals surface area contributed by atoms with Gasteiger partial charge in [0.25, 0.3) is 0 Å². The summed E-state index contributed by atoms with van der Waals surface area (Å²) in [5.41, 5.74) is -0.441. The lowest BCUT2D eigenvalue weighted by Gasteiger charge is -2.30. The van der Waals surface area contributed by atoms with Crippen molar-refractivity contribution < 1.29 is 40.2 Å². The number of rotatable bonds is 1. The fourth-order valence-corrected chi connectivity index (χ4v) is 2.46. The highest BCUT2D eigenvalue weighted by Crippen LogP contribution is 2.46. The molecule has 2 aromatic rings. The van der Waals surface area contributed by atoms with Gasteiger partial charge < -0.3 is 35.4 Å². The summed E-state index contributed by atoms with van der Waals surface area (Å²) in [4.78, 5) is 12.2. The molecule has 2 aromatic carbocycles. The second-order valence-corrected chi connectivity index (χ2v) is 5.06. The third-order valence-corrected chi connectivity index (χ3v) is 3.59. The molecule has 0 aromatic heterocycles. The molecule has 0 saturated heterocycles. The molecule has 0 aliphatic carbocycles. The van der Waals surface area contributed by atoms with Gasteiger partial charge in [0.15, 0.2) is 23.7 Å². The van der Waals surface area contributed by atoms with Crippen molar-refractivity contribution in [1.82, 2.24) is 0 Å². The van der Waals surface area contributed by atoms with Crippen molar-refractivity contribution in [3.63, 3.8) is 0 Å². The molecular formula is C15H12O8. The molecule has 23 heavy (non-hydrogen) atoms. The minimum absolute atomic E-state index is 0.144. The van der Waals surface area contributed by atoms with Gasteiger partial charge in [-0.3, -0.25) is 4.79 Å². The van der Waals surface area contributed by atoms with Gasteiger partial charge in [0.2, 0.25) is 11.5 Å². The first-order valence-electron chi connectivity index (χ1n) is 6.50. The molecule has 8 heteroatoms. The third kappa shape index (κ3) is 2.16. The molecule has 1 aliphatic heterocycles. The van der Waals surface area contributed by atoms with Crippen LogP contribution in [0, 0.1) is 0 Å². The number of ether oxygens (including phenoxy) is 1. The molecule has 0 fully saturated rings. The van der Waals surface area contributed by atoms with Gasteiger partial charge in [-0.25, -0.2) is 0 Å². The Morgan fingerprint density at radius 2 is 1.61 bits per heavy atom. The highest BCUT2D eigenvalue weighted by atomic mass is 16.5.